The summed E-state index contributed by atoms with van der Waals surface area (Å²) in [5.41, 5.74) is 3.31. The Bertz CT molecular complexity index is 1580. The van der Waals surface area contributed by atoms with Gasteiger partial charge >= 0.3 is 0 Å². The Kier molecular flexibility index (Phi) is 6.51. The summed E-state index contributed by atoms with van der Waals surface area (Å²) in [6.07, 6.45) is 0. The number of anilines is 1. The van der Waals surface area contributed by atoms with E-state index in [0.717, 1.165) is 16.9 Å². The largest absolute Gasteiger partial charge is 0.454 e. The molecule has 4 aromatic rings. The topological polar surface area (TPSA) is 105 Å². The van der Waals surface area contributed by atoms with E-state index in [1.54, 1.807) is 17.9 Å². The molecule has 1 aliphatic rings. The van der Waals surface area contributed by atoms with E-state index in [2.05, 4.69) is 11.4 Å². The molecule has 2 aromatic heterocycles. The molecule has 0 radical (unpaired) electrons. The quantitative estimate of drug-likeness (QED) is 0.360. The lowest BCUT2D eigenvalue weighted by molar-refractivity contribution is 0.0777. The van der Waals surface area contributed by atoms with Crippen molar-refractivity contribution in [3.63, 3.8) is 0 Å². The van der Waals surface area contributed by atoms with Crippen LogP contribution in [0.3, 0.4) is 0 Å². The number of para-hydroxylation sites is 1. The zero-order chi connectivity index (χ0) is 26.1. The number of nitrogens with one attached hydrogen (secondary N) is 1. The summed E-state index contributed by atoms with van der Waals surface area (Å²) >= 11 is 1.13. The molecular formula is C28H24N4O4S. The molecule has 0 saturated carbocycles. The van der Waals surface area contributed by atoms with Gasteiger partial charge in [-0.15, -0.1) is 11.3 Å². The SMILES string of the molecule is CCN(CC)C(=O)c1sc(NC(=O)c2cc(-c3ccc4c(c3)OCO4)nc3ccccc23)c(C#N)c1C. The minimum Gasteiger partial charge on any atom is -0.454 e. The van der Waals surface area contributed by atoms with Gasteiger partial charge in [-0.3, -0.25) is 9.59 Å². The van der Waals surface area contributed by atoms with Crippen LogP contribution in [-0.2, 0) is 0 Å². The number of carbonyl (C=O) groups is 2. The van der Waals surface area contributed by atoms with Crippen molar-refractivity contribution in [3.8, 4) is 28.8 Å². The molecule has 0 spiro atoms. The van der Waals surface area contributed by atoms with E-state index in [1.807, 2.05) is 56.3 Å². The van der Waals surface area contributed by atoms with Crippen molar-refractivity contribution in [2.24, 2.45) is 0 Å². The molecular weight excluding hydrogens is 488 g/mol. The lowest BCUT2D eigenvalue weighted by Crippen LogP contribution is -2.30. The van der Waals surface area contributed by atoms with Crippen molar-refractivity contribution in [1.82, 2.24) is 9.88 Å². The normalized spacial score (nSPS) is 11.8. The van der Waals surface area contributed by atoms with Crippen LogP contribution in [0.15, 0.2) is 48.5 Å². The number of benzene rings is 2. The van der Waals surface area contributed by atoms with Crippen LogP contribution in [0.1, 0.15) is 45.0 Å². The highest BCUT2D eigenvalue weighted by Gasteiger charge is 2.25. The number of nitriles is 1. The van der Waals surface area contributed by atoms with Crippen molar-refractivity contribution in [3.05, 3.63) is 70.1 Å². The maximum atomic E-state index is 13.6. The zero-order valence-corrected chi connectivity index (χ0v) is 21.4. The van der Waals surface area contributed by atoms with Crippen molar-refractivity contribution < 1.29 is 19.1 Å². The van der Waals surface area contributed by atoms with Gasteiger partial charge in [0.15, 0.2) is 11.5 Å². The van der Waals surface area contributed by atoms with Gasteiger partial charge in [0.1, 0.15) is 11.1 Å². The second kappa shape index (κ2) is 9.91. The average Bonchev–Trinajstić information content (AvgIpc) is 3.51. The predicted octanol–water partition coefficient (Wildman–Crippen LogP) is 5.61. The third kappa shape index (κ3) is 4.36. The number of nitrogens with zero attached hydrogens (tertiary/aromatic N) is 3. The summed E-state index contributed by atoms with van der Waals surface area (Å²) in [6, 6.07) is 16.8. The highest BCUT2D eigenvalue weighted by molar-refractivity contribution is 7.18. The van der Waals surface area contributed by atoms with Gasteiger partial charge in [0.2, 0.25) is 6.79 Å². The minimum absolute atomic E-state index is 0.149. The predicted molar refractivity (Wildman–Crippen MR) is 142 cm³/mol. The Balaban J connectivity index is 1.55. The number of amides is 2. The molecule has 9 heteroatoms. The lowest BCUT2D eigenvalue weighted by atomic mass is 10.0. The molecule has 0 bridgehead atoms. The van der Waals surface area contributed by atoms with E-state index in [-0.39, 0.29) is 18.6 Å². The van der Waals surface area contributed by atoms with Gasteiger partial charge in [-0.05, 0) is 56.7 Å². The first kappa shape index (κ1) is 24.3. The molecule has 2 aromatic carbocycles. The molecule has 1 N–H and O–H groups in total. The van der Waals surface area contributed by atoms with Crippen LogP contribution in [0.25, 0.3) is 22.2 Å². The lowest BCUT2D eigenvalue weighted by Gasteiger charge is -2.17. The Labute approximate surface area is 218 Å². The number of hydrogen-bond donors (Lipinski definition) is 1. The molecule has 0 unspecified atom stereocenters. The number of rotatable bonds is 6. The Morgan fingerprint density at radius 1 is 1.11 bits per heavy atom. The fourth-order valence-electron chi connectivity index (χ4n) is 4.33. The maximum Gasteiger partial charge on any atom is 0.264 e. The first-order valence-electron chi connectivity index (χ1n) is 11.9. The summed E-state index contributed by atoms with van der Waals surface area (Å²) in [5.74, 6) is 0.746. The number of pyridine rings is 1. The second-order valence-corrected chi connectivity index (χ2v) is 9.46. The highest BCUT2D eigenvalue weighted by Crippen LogP contribution is 2.37. The highest BCUT2D eigenvalue weighted by atomic mass is 32.1. The van der Waals surface area contributed by atoms with Crippen LogP contribution in [0, 0.1) is 18.3 Å². The van der Waals surface area contributed by atoms with Gasteiger partial charge < -0.3 is 19.7 Å². The standard InChI is InChI=1S/C28H24N4O4S/c1-4-32(5-2)28(34)25-16(3)20(14-29)27(37-25)31-26(33)19-13-22(30-21-9-7-6-8-18(19)21)17-10-11-23-24(12-17)36-15-35-23/h6-13H,4-5,15H2,1-3H3,(H,31,33). The molecule has 3 heterocycles. The number of aromatic nitrogens is 1. The van der Waals surface area contributed by atoms with Crippen LogP contribution in [0.2, 0.25) is 0 Å². The van der Waals surface area contributed by atoms with Gasteiger partial charge in [-0.2, -0.15) is 5.26 Å². The number of carbonyl (C=O) groups excluding carboxylic acids is 2. The number of hydrogen-bond acceptors (Lipinski definition) is 7. The van der Waals surface area contributed by atoms with E-state index >= 15 is 0 Å². The van der Waals surface area contributed by atoms with E-state index < -0.39 is 0 Å². The monoisotopic (exact) mass is 512 g/mol. The van der Waals surface area contributed by atoms with E-state index in [0.29, 0.717) is 67.8 Å². The number of thiophene rings is 1. The third-order valence-electron chi connectivity index (χ3n) is 6.36. The first-order chi connectivity index (χ1) is 17.9. The Morgan fingerprint density at radius 2 is 1.86 bits per heavy atom. The van der Waals surface area contributed by atoms with Crippen molar-refractivity contribution in [2.45, 2.75) is 20.8 Å². The van der Waals surface area contributed by atoms with Crippen LogP contribution in [0.4, 0.5) is 5.00 Å². The van der Waals surface area contributed by atoms with E-state index in [4.69, 9.17) is 14.5 Å². The summed E-state index contributed by atoms with van der Waals surface area (Å²) in [4.78, 5) is 33.5. The zero-order valence-electron chi connectivity index (χ0n) is 20.6. The van der Waals surface area contributed by atoms with Crippen LogP contribution >= 0.6 is 11.3 Å². The third-order valence-corrected chi connectivity index (χ3v) is 7.55. The Hall–Kier alpha value is -4.42. The van der Waals surface area contributed by atoms with Crippen molar-refractivity contribution >= 4 is 39.1 Å². The summed E-state index contributed by atoms with van der Waals surface area (Å²) < 4.78 is 10.9. The summed E-state index contributed by atoms with van der Waals surface area (Å²) in [7, 11) is 0. The molecule has 0 atom stereocenters. The van der Waals surface area contributed by atoms with Crippen LogP contribution in [-0.4, -0.2) is 41.6 Å². The first-order valence-corrected chi connectivity index (χ1v) is 12.7. The van der Waals surface area contributed by atoms with Gasteiger partial charge in [-0.1, -0.05) is 18.2 Å². The maximum absolute atomic E-state index is 13.6. The average molecular weight is 513 g/mol. The molecule has 5 rings (SSSR count). The number of ether oxygens (including phenoxy) is 2. The fraction of sp³-hybridized carbons (Fsp3) is 0.214. The molecule has 1 aliphatic heterocycles. The summed E-state index contributed by atoms with van der Waals surface area (Å²) in [5, 5.41) is 13.7. The van der Waals surface area contributed by atoms with Gasteiger partial charge in [0, 0.05) is 24.0 Å². The van der Waals surface area contributed by atoms with Crippen molar-refractivity contribution in [1.29, 1.82) is 5.26 Å². The second-order valence-electron chi connectivity index (χ2n) is 8.44. The molecule has 0 fully saturated rings. The molecule has 37 heavy (non-hydrogen) atoms. The Morgan fingerprint density at radius 3 is 2.62 bits per heavy atom. The molecule has 2 amide bonds. The molecule has 8 nitrogen and oxygen atoms in total. The minimum atomic E-state index is -0.389. The van der Waals surface area contributed by atoms with Crippen LogP contribution in [0.5, 0.6) is 11.5 Å². The van der Waals surface area contributed by atoms with Gasteiger partial charge in [0.25, 0.3) is 11.8 Å². The molecule has 186 valence electrons. The van der Waals surface area contributed by atoms with Gasteiger partial charge in [0.05, 0.1) is 27.2 Å². The smallest absolute Gasteiger partial charge is 0.264 e. The van der Waals surface area contributed by atoms with E-state index in [1.165, 1.54) is 0 Å². The van der Waals surface area contributed by atoms with Gasteiger partial charge in [-0.25, -0.2) is 4.98 Å². The molecule has 0 saturated heterocycles. The fourth-order valence-corrected chi connectivity index (χ4v) is 5.45. The number of fused-ring (bicyclic) bond motifs is 2. The molecule has 0 aliphatic carbocycles. The van der Waals surface area contributed by atoms with Crippen LogP contribution < -0.4 is 14.8 Å². The van der Waals surface area contributed by atoms with Crippen molar-refractivity contribution in [2.75, 3.05) is 25.2 Å². The van der Waals surface area contributed by atoms with E-state index in [9.17, 15) is 14.9 Å². The summed E-state index contributed by atoms with van der Waals surface area (Å²) in [6.45, 7) is 6.83.